The van der Waals surface area contributed by atoms with Crippen LogP contribution in [0.25, 0.3) is 27.4 Å². The number of hydrogen-bond acceptors (Lipinski definition) is 2. The summed E-state index contributed by atoms with van der Waals surface area (Å²) in [6.07, 6.45) is 5.27. The van der Waals surface area contributed by atoms with Gasteiger partial charge in [0, 0.05) is 22.0 Å². The minimum absolute atomic E-state index is 0.238. The Kier molecular flexibility index (Phi) is 4.40. The van der Waals surface area contributed by atoms with Crippen LogP contribution in [0.4, 0.5) is 4.39 Å². The molecule has 4 aromatic rings. The first-order valence-corrected chi connectivity index (χ1v) is 9.08. The molecule has 0 spiro atoms. The first-order valence-electron chi connectivity index (χ1n) is 9.08. The van der Waals surface area contributed by atoms with E-state index in [0.29, 0.717) is 6.42 Å². The molecule has 0 fully saturated rings. The molecule has 0 aliphatic heterocycles. The van der Waals surface area contributed by atoms with E-state index in [1.54, 1.807) is 6.08 Å². The van der Waals surface area contributed by atoms with Gasteiger partial charge in [-0.2, -0.15) is 5.10 Å². The highest BCUT2D eigenvalue weighted by atomic mass is 19.1. The quantitative estimate of drug-likeness (QED) is 0.451. The van der Waals surface area contributed by atoms with Crippen molar-refractivity contribution < 1.29 is 9.50 Å². The Morgan fingerprint density at radius 2 is 1.85 bits per heavy atom. The number of aromatic nitrogens is 2. The molecule has 1 N–H and O–H groups in total. The molecular formula is C23H21FN2O. The Hall–Kier alpha value is -3.14. The molecule has 3 nitrogen and oxygen atoms in total. The van der Waals surface area contributed by atoms with Gasteiger partial charge in [0.05, 0.1) is 18.0 Å². The molecule has 2 aromatic heterocycles. The van der Waals surface area contributed by atoms with Gasteiger partial charge in [0.15, 0.2) is 0 Å². The van der Waals surface area contributed by atoms with Gasteiger partial charge in [-0.3, -0.25) is 0 Å². The summed E-state index contributed by atoms with van der Waals surface area (Å²) in [7, 11) is 0. The second-order valence-corrected chi connectivity index (χ2v) is 6.98. The van der Waals surface area contributed by atoms with Crippen LogP contribution in [0.15, 0.2) is 67.1 Å². The first kappa shape index (κ1) is 17.3. The Bertz CT molecular complexity index is 1140. The van der Waals surface area contributed by atoms with Crippen molar-refractivity contribution in [2.45, 2.75) is 26.2 Å². The van der Waals surface area contributed by atoms with E-state index in [1.165, 1.54) is 12.1 Å². The second kappa shape index (κ2) is 6.88. The van der Waals surface area contributed by atoms with E-state index >= 15 is 0 Å². The lowest BCUT2D eigenvalue weighted by Gasteiger charge is -2.09. The van der Waals surface area contributed by atoms with Gasteiger partial charge in [0.1, 0.15) is 5.82 Å². The average Bonchev–Trinajstić information content (AvgIpc) is 3.01. The third-order valence-corrected chi connectivity index (χ3v) is 4.92. The van der Waals surface area contributed by atoms with Crippen molar-refractivity contribution in [3.05, 3.63) is 84.1 Å². The second-order valence-electron chi connectivity index (χ2n) is 6.98. The predicted molar refractivity (Wildman–Crippen MR) is 108 cm³/mol. The summed E-state index contributed by atoms with van der Waals surface area (Å²) < 4.78 is 15.6. The van der Waals surface area contributed by atoms with Gasteiger partial charge in [-0.05, 0) is 41.7 Å². The van der Waals surface area contributed by atoms with Gasteiger partial charge in [-0.25, -0.2) is 8.91 Å². The molecule has 2 heterocycles. The van der Waals surface area contributed by atoms with E-state index in [4.69, 9.17) is 5.10 Å². The normalized spacial score (nSPS) is 12.0. The van der Waals surface area contributed by atoms with Crippen molar-refractivity contribution in [3.8, 4) is 11.1 Å². The summed E-state index contributed by atoms with van der Waals surface area (Å²) in [5, 5.41) is 16.1. The highest BCUT2D eigenvalue weighted by Crippen LogP contribution is 2.39. The number of nitrogens with zero attached hydrogens (tertiary/aromatic N) is 2. The molecule has 0 atom stereocenters. The zero-order chi connectivity index (χ0) is 19.0. The van der Waals surface area contributed by atoms with Crippen molar-refractivity contribution >= 4 is 16.3 Å². The Morgan fingerprint density at radius 1 is 1.11 bits per heavy atom. The van der Waals surface area contributed by atoms with Crippen LogP contribution >= 0.6 is 0 Å². The number of halogens is 1. The van der Waals surface area contributed by atoms with Crippen LogP contribution in [-0.4, -0.2) is 14.7 Å². The highest BCUT2D eigenvalue weighted by molar-refractivity contribution is 6.04. The molecular weight excluding hydrogens is 339 g/mol. The fourth-order valence-corrected chi connectivity index (χ4v) is 3.84. The Balaban J connectivity index is 2.19. The van der Waals surface area contributed by atoms with Crippen LogP contribution in [0.1, 0.15) is 31.0 Å². The van der Waals surface area contributed by atoms with Gasteiger partial charge in [0.2, 0.25) is 0 Å². The lowest BCUT2D eigenvalue weighted by molar-refractivity contribution is 0.471. The third kappa shape index (κ3) is 2.87. The van der Waals surface area contributed by atoms with E-state index in [9.17, 15) is 9.50 Å². The minimum atomic E-state index is -0.258. The zero-order valence-corrected chi connectivity index (χ0v) is 15.4. The van der Waals surface area contributed by atoms with Crippen LogP contribution in [0, 0.1) is 5.82 Å². The molecule has 4 rings (SSSR count). The van der Waals surface area contributed by atoms with Gasteiger partial charge < -0.3 is 5.11 Å². The molecule has 4 heteroatoms. The predicted octanol–water partition coefficient (Wildman–Crippen LogP) is 6.03. The molecule has 2 aromatic carbocycles. The average molecular weight is 360 g/mol. The lowest BCUT2D eigenvalue weighted by atomic mass is 9.94. The Labute approximate surface area is 157 Å². The fourth-order valence-electron chi connectivity index (χ4n) is 3.84. The zero-order valence-electron chi connectivity index (χ0n) is 15.4. The molecule has 136 valence electrons. The van der Waals surface area contributed by atoms with Gasteiger partial charge in [0.25, 0.3) is 0 Å². The molecule has 0 amide bonds. The summed E-state index contributed by atoms with van der Waals surface area (Å²) in [5.41, 5.74) is 5.21. The third-order valence-electron chi connectivity index (χ3n) is 4.92. The van der Waals surface area contributed by atoms with Crippen molar-refractivity contribution in [2.24, 2.45) is 0 Å². The standard InChI is InChI=1S/C23H21FN2O/c1-15(2)22-20(8-5-13-27)21(16-9-11-18(24)12-10-16)23-19-7-4-3-6-17(19)14-25-26(22)23/h3-7,9-15,27H,8H2,1-2H3. The topological polar surface area (TPSA) is 37.5 Å². The van der Waals surface area contributed by atoms with Gasteiger partial charge in [-0.15, -0.1) is 0 Å². The van der Waals surface area contributed by atoms with Crippen LogP contribution in [0.2, 0.25) is 0 Å². The van der Waals surface area contributed by atoms with E-state index < -0.39 is 0 Å². The van der Waals surface area contributed by atoms with Crippen molar-refractivity contribution in [1.29, 1.82) is 0 Å². The molecule has 0 unspecified atom stereocenters. The summed E-state index contributed by atoms with van der Waals surface area (Å²) in [6.45, 7) is 4.28. The maximum atomic E-state index is 13.5. The molecule has 0 saturated carbocycles. The first-order chi connectivity index (χ1) is 13.1. The number of aliphatic hydroxyl groups is 1. The smallest absolute Gasteiger partial charge is 0.123 e. The summed E-state index contributed by atoms with van der Waals surface area (Å²) in [4.78, 5) is 0. The van der Waals surface area contributed by atoms with E-state index in [2.05, 4.69) is 19.9 Å². The molecule has 0 aliphatic rings. The highest BCUT2D eigenvalue weighted by Gasteiger charge is 2.23. The number of benzene rings is 2. The molecule has 0 radical (unpaired) electrons. The van der Waals surface area contributed by atoms with Gasteiger partial charge >= 0.3 is 0 Å². The largest absolute Gasteiger partial charge is 0.516 e. The maximum absolute atomic E-state index is 13.5. The number of aliphatic hydroxyl groups excluding tert-OH is 1. The van der Waals surface area contributed by atoms with E-state index in [-0.39, 0.29) is 11.7 Å². The number of hydrogen-bond donors (Lipinski definition) is 1. The molecule has 27 heavy (non-hydrogen) atoms. The van der Waals surface area contributed by atoms with E-state index in [1.807, 2.05) is 41.0 Å². The van der Waals surface area contributed by atoms with Crippen LogP contribution in [0.3, 0.4) is 0 Å². The number of rotatable bonds is 4. The number of allylic oxidation sites excluding steroid dienone is 1. The fraction of sp³-hybridized carbons (Fsp3) is 0.174. The maximum Gasteiger partial charge on any atom is 0.123 e. The van der Waals surface area contributed by atoms with Crippen LogP contribution < -0.4 is 0 Å². The van der Waals surface area contributed by atoms with Gasteiger partial charge in [-0.1, -0.05) is 50.2 Å². The minimum Gasteiger partial charge on any atom is -0.516 e. The molecule has 0 aliphatic carbocycles. The van der Waals surface area contributed by atoms with Crippen molar-refractivity contribution in [2.75, 3.05) is 0 Å². The molecule has 0 bridgehead atoms. The summed E-state index contributed by atoms with van der Waals surface area (Å²) in [5.74, 6) is -0.0198. The van der Waals surface area contributed by atoms with Crippen molar-refractivity contribution in [1.82, 2.24) is 9.61 Å². The van der Waals surface area contributed by atoms with Crippen molar-refractivity contribution in [3.63, 3.8) is 0 Å². The summed E-state index contributed by atoms with van der Waals surface area (Å²) in [6, 6.07) is 14.7. The monoisotopic (exact) mass is 360 g/mol. The lowest BCUT2D eigenvalue weighted by Crippen LogP contribution is -2.01. The van der Waals surface area contributed by atoms with E-state index in [0.717, 1.165) is 44.9 Å². The Morgan fingerprint density at radius 3 is 2.56 bits per heavy atom. The van der Waals surface area contributed by atoms with Crippen LogP contribution in [-0.2, 0) is 6.42 Å². The summed E-state index contributed by atoms with van der Waals surface area (Å²) >= 11 is 0. The number of fused-ring (bicyclic) bond motifs is 3. The molecule has 0 saturated heterocycles. The van der Waals surface area contributed by atoms with Crippen LogP contribution in [0.5, 0.6) is 0 Å². The SMILES string of the molecule is CC(C)c1c(CC=CO)c(-c2ccc(F)cc2)c2c3ccccc3cnn12.